The van der Waals surface area contributed by atoms with Crippen LogP contribution < -0.4 is 10.6 Å². The lowest BCUT2D eigenvalue weighted by Gasteiger charge is -2.29. The number of anilines is 1. The molecule has 10 heteroatoms. The molecule has 0 bridgehead atoms. The molecule has 0 saturated heterocycles. The third kappa shape index (κ3) is 8.56. The van der Waals surface area contributed by atoms with E-state index in [9.17, 15) is 18.7 Å². The van der Waals surface area contributed by atoms with Gasteiger partial charge < -0.3 is 19.9 Å². The summed E-state index contributed by atoms with van der Waals surface area (Å²) in [5.74, 6) is -3.75. The maximum atomic E-state index is 13.7. The third-order valence-corrected chi connectivity index (χ3v) is 4.65. The van der Waals surface area contributed by atoms with Crippen molar-refractivity contribution in [1.82, 2.24) is 15.3 Å². The van der Waals surface area contributed by atoms with E-state index in [1.807, 2.05) is 12.2 Å². The van der Waals surface area contributed by atoms with Gasteiger partial charge in [-0.25, -0.2) is 18.7 Å². The van der Waals surface area contributed by atoms with Gasteiger partial charge in [-0.1, -0.05) is 12.2 Å². The summed E-state index contributed by atoms with van der Waals surface area (Å²) >= 11 is 0. The zero-order valence-electron chi connectivity index (χ0n) is 18.6. The quantitative estimate of drug-likeness (QED) is 0.399. The maximum absolute atomic E-state index is 13.7. The molecule has 4 atom stereocenters. The maximum Gasteiger partial charge on any atom is 0.247 e. The Balaban J connectivity index is 2.14. The number of alkyl halides is 2. The Bertz CT molecular complexity index is 764. The van der Waals surface area contributed by atoms with Crippen LogP contribution >= 0.6 is 0 Å². The van der Waals surface area contributed by atoms with E-state index >= 15 is 0 Å². The van der Waals surface area contributed by atoms with Crippen molar-refractivity contribution in [3.05, 3.63) is 30.2 Å². The van der Waals surface area contributed by atoms with E-state index in [1.54, 1.807) is 33.9 Å². The number of allylic oxidation sites excluding steroid dienone is 1. The monoisotopic (exact) mass is 442 g/mol. The summed E-state index contributed by atoms with van der Waals surface area (Å²) in [4.78, 5) is 21.1. The topological polar surface area (TPSA) is 106 Å². The van der Waals surface area contributed by atoms with Crippen LogP contribution in [0.15, 0.2) is 24.5 Å². The Kier molecular flexibility index (Phi) is 8.58. The van der Waals surface area contributed by atoms with Gasteiger partial charge in [-0.3, -0.25) is 10.1 Å². The van der Waals surface area contributed by atoms with Gasteiger partial charge >= 0.3 is 0 Å². The predicted molar refractivity (Wildman–Crippen MR) is 112 cm³/mol. The highest BCUT2D eigenvalue weighted by Crippen LogP contribution is 2.30. The SMILES string of the molecule is COC1C=CCCC1c1cc(NC(=O)C(CC(C)(F)F)NC(O)OC(C)(C)C)ncn1. The van der Waals surface area contributed by atoms with Gasteiger partial charge in [-0.2, -0.15) is 0 Å². The number of aliphatic hydroxyl groups is 1. The molecular formula is C21H32F2N4O4. The molecule has 1 aliphatic rings. The lowest BCUT2D eigenvalue weighted by molar-refractivity contribution is -0.188. The second kappa shape index (κ2) is 10.5. The molecule has 0 saturated carbocycles. The molecule has 0 spiro atoms. The summed E-state index contributed by atoms with van der Waals surface area (Å²) in [5, 5.41) is 15.0. The van der Waals surface area contributed by atoms with Gasteiger partial charge in [0.25, 0.3) is 0 Å². The molecule has 0 aromatic carbocycles. The first-order chi connectivity index (χ1) is 14.4. The van der Waals surface area contributed by atoms with Crippen molar-refractivity contribution in [2.24, 2.45) is 0 Å². The Labute approximate surface area is 181 Å². The minimum Gasteiger partial charge on any atom is -0.377 e. The first-order valence-electron chi connectivity index (χ1n) is 10.2. The minimum atomic E-state index is -3.15. The van der Waals surface area contributed by atoms with Crippen LogP contribution in [-0.2, 0) is 14.3 Å². The van der Waals surface area contributed by atoms with Gasteiger partial charge in [-0.15, -0.1) is 0 Å². The van der Waals surface area contributed by atoms with Crippen molar-refractivity contribution in [2.45, 2.75) is 83.0 Å². The van der Waals surface area contributed by atoms with Crippen LogP contribution in [0.1, 0.15) is 58.6 Å². The van der Waals surface area contributed by atoms with Crippen molar-refractivity contribution >= 4 is 11.7 Å². The number of ether oxygens (including phenoxy) is 2. The molecule has 4 unspecified atom stereocenters. The van der Waals surface area contributed by atoms with E-state index in [-0.39, 0.29) is 17.8 Å². The second-order valence-corrected chi connectivity index (χ2v) is 8.71. The highest BCUT2D eigenvalue weighted by molar-refractivity contribution is 5.94. The molecule has 1 aliphatic carbocycles. The van der Waals surface area contributed by atoms with Crippen molar-refractivity contribution in [3.63, 3.8) is 0 Å². The van der Waals surface area contributed by atoms with Crippen molar-refractivity contribution in [1.29, 1.82) is 0 Å². The average molecular weight is 443 g/mol. The number of aliphatic hydroxyl groups excluding tert-OH is 1. The predicted octanol–water partition coefficient (Wildman–Crippen LogP) is 2.96. The van der Waals surface area contributed by atoms with E-state index < -0.39 is 36.3 Å². The van der Waals surface area contributed by atoms with Gasteiger partial charge in [0.2, 0.25) is 18.2 Å². The molecule has 1 amide bonds. The zero-order valence-corrected chi connectivity index (χ0v) is 18.6. The molecule has 1 aromatic heterocycles. The Morgan fingerprint density at radius 2 is 2.03 bits per heavy atom. The lowest BCUT2D eigenvalue weighted by Crippen LogP contribution is -2.50. The smallest absolute Gasteiger partial charge is 0.247 e. The number of nitrogens with one attached hydrogen (secondary N) is 2. The highest BCUT2D eigenvalue weighted by Gasteiger charge is 2.34. The molecule has 0 fully saturated rings. The molecule has 8 nitrogen and oxygen atoms in total. The average Bonchev–Trinajstić information content (AvgIpc) is 2.65. The number of carbonyl (C=O) groups excluding carboxylic acids is 1. The van der Waals surface area contributed by atoms with Crippen LogP contribution in [-0.4, -0.2) is 58.2 Å². The van der Waals surface area contributed by atoms with Crippen LogP contribution in [0, 0.1) is 0 Å². The van der Waals surface area contributed by atoms with Crippen LogP contribution in [0.2, 0.25) is 0 Å². The summed E-state index contributed by atoms with van der Waals surface area (Å²) < 4.78 is 38.1. The van der Waals surface area contributed by atoms with Gasteiger partial charge in [0, 0.05) is 25.5 Å². The molecular weight excluding hydrogens is 410 g/mol. The zero-order chi connectivity index (χ0) is 23.2. The number of rotatable bonds is 9. The van der Waals surface area contributed by atoms with Gasteiger partial charge in [0.15, 0.2) is 0 Å². The minimum absolute atomic E-state index is 0.00967. The molecule has 0 aliphatic heterocycles. The number of methoxy groups -OCH3 is 1. The second-order valence-electron chi connectivity index (χ2n) is 8.71. The molecule has 3 N–H and O–H groups in total. The Morgan fingerprint density at radius 3 is 2.65 bits per heavy atom. The van der Waals surface area contributed by atoms with E-state index in [4.69, 9.17) is 9.47 Å². The first kappa shape index (κ1) is 25.3. The molecule has 0 radical (unpaired) electrons. The number of aromatic nitrogens is 2. The lowest BCUT2D eigenvalue weighted by atomic mass is 9.88. The number of amides is 1. The van der Waals surface area contributed by atoms with Crippen LogP contribution in [0.5, 0.6) is 0 Å². The van der Waals surface area contributed by atoms with Crippen LogP contribution in [0.3, 0.4) is 0 Å². The highest BCUT2D eigenvalue weighted by atomic mass is 19.3. The van der Waals surface area contributed by atoms with Gasteiger partial charge in [0.05, 0.1) is 23.4 Å². The largest absolute Gasteiger partial charge is 0.377 e. The van der Waals surface area contributed by atoms with Crippen molar-refractivity contribution in [2.75, 3.05) is 12.4 Å². The molecule has 2 rings (SSSR count). The number of hydrogen-bond donors (Lipinski definition) is 3. The standard InChI is InChI=1S/C21H32F2N4O4/c1-20(2,3)31-19(29)26-15(11-21(4,22)23)18(28)27-17-10-14(24-12-25-17)13-8-6-7-9-16(13)30-5/h7,9-10,12-13,15-16,19,26,29H,6,8,11H2,1-5H3,(H,24,25,27,28). The summed E-state index contributed by atoms with van der Waals surface area (Å²) in [6.45, 7) is 5.78. The molecule has 31 heavy (non-hydrogen) atoms. The summed E-state index contributed by atoms with van der Waals surface area (Å²) in [7, 11) is 1.61. The van der Waals surface area contributed by atoms with E-state index in [0.29, 0.717) is 12.6 Å². The number of nitrogens with zero attached hydrogens (tertiary/aromatic N) is 2. The molecule has 174 valence electrons. The van der Waals surface area contributed by atoms with E-state index in [2.05, 4.69) is 20.6 Å². The normalized spacial score (nSPS) is 21.5. The first-order valence-corrected chi connectivity index (χ1v) is 10.2. The molecule has 1 aromatic rings. The third-order valence-electron chi connectivity index (χ3n) is 4.65. The van der Waals surface area contributed by atoms with Crippen molar-refractivity contribution in [3.8, 4) is 0 Å². The van der Waals surface area contributed by atoms with E-state index in [0.717, 1.165) is 12.8 Å². The number of halogens is 2. The van der Waals surface area contributed by atoms with Crippen LogP contribution in [0.4, 0.5) is 14.6 Å². The van der Waals surface area contributed by atoms with E-state index in [1.165, 1.54) is 6.33 Å². The fourth-order valence-corrected chi connectivity index (χ4v) is 3.35. The van der Waals surface area contributed by atoms with Gasteiger partial charge in [-0.05, 0) is 40.5 Å². The summed E-state index contributed by atoms with van der Waals surface area (Å²) in [5.41, 5.74) is -0.0567. The summed E-state index contributed by atoms with van der Waals surface area (Å²) in [6.07, 6.45) is 4.43. The number of carbonyl (C=O) groups is 1. The Morgan fingerprint density at radius 1 is 1.32 bits per heavy atom. The summed E-state index contributed by atoms with van der Waals surface area (Å²) in [6, 6.07) is 0.192. The van der Waals surface area contributed by atoms with Crippen LogP contribution in [0.25, 0.3) is 0 Å². The fraction of sp³-hybridized carbons (Fsp3) is 0.667. The molecule has 1 heterocycles. The number of hydrogen-bond acceptors (Lipinski definition) is 7. The van der Waals surface area contributed by atoms with Gasteiger partial charge in [0.1, 0.15) is 12.1 Å². The Hall–Kier alpha value is -2.01. The fourth-order valence-electron chi connectivity index (χ4n) is 3.35. The van der Waals surface area contributed by atoms with Crippen molar-refractivity contribution < 1.29 is 28.2 Å².